The summed E-state index contributed by atoms with van der Waals surface area (Å²) in [5, 5.41) is 6.05. The number of methoxy groups -OCH3 is 1. The van der Waals surface area contributed by atoms with Crippen LogP contribution in [0, 0.1) is 0 Å². The highest BCUT2D eigenvalue weighted by molar-refractivity contribution is 5.84. The molecule has 2 N–H and O–H groups in total. The van der Waals surface area contributed by atoms with E-state index in [1.54, 1.807) is 7.11 Å². The van der Waals surface area contributed by atoms with E-state index in [9.17, 15) is 9.59 Å². The zero-order valence-corrected chi connectivity index (χ0v) is 15.5. The number of amides is 2. The summed E-state index contributed by atoms with van der Waals surface area (Å²) in [7, 11) is 1.65. The number of hydrogen-bond acceptors (Lipinski definition) is 4. The van der Waals surface area contributed by atoms with Crippen LogP contribution in [0.1, 0.15) is 37.7 Å². The SMILES string of the molecule is COc1ccc(CCNC(=O)CN2CCCC[C@H]2C(=O)NC2CC2)cc1. The molecule has 6 nitrogen and oxygen atoms in total. The molecule has 1 aliphatic heterocycles. The first-order valence-corrected chi connectivity index (χ1v) is 9.60. The van der Waals surface area contributed by atoms with Crippen molar-refractivity contribution in [3.8, 4) is 5.75 Å². The smallest absolute Gasteiger partial charge is 0.237 e. The Bertz CT molecular complexity index is 613. The molecular weight excluding hydrogens is 330 g/mol. The van der Waals surface area contributed by atoms with Crippen LogP contribution in [-0.2, 0) is 16.0 Å². The lowest BCUT2D eigenvalue weighted by Crippen LogP contribution is -2.52. The van der Waals surface area contributed by atoms with Gasteiger partial charge in [-0.3, -0.25) is 14.5 Å². The second-order valence-corrected chi connectivity index (χ2v) is 7.21. The fourth-order valence-corrected chi connectivity index (χ4v) is 3.38. The van der Waals surface area contributed by atoms with E-state index in [4.69, 9.17) is 4.74 Å². The first-order chi connectivity index (χ1) is 12.7. The van der Waals surface area contributed by atoms with E-state index >= 15 is 0 Å². The normalized spacial score (nSPS) is 20.4. The predicted octanol–water partition coefficient (Wildman–Crippen LogP) is 1.49. The average molecular weight is 359 g/mol. The molecule has 0 bridgehead atoms. The molecule has 1 saturated carbocycles. The number of nitrogens with zero attached hydrogens (tertiary/aromatic N) is 1. The number of ether oxygens (including phenoxy) is 1. The summed E-state index contributed by atoms with van der Waals surface area (Å²) in [5.41, 5.74) is 1.16. The van der Waals surface area contributed by atoms with E-state index < -0.39 is 0 Å². The quantitative estimate of drug-likeness (QED) is 0.738. The molecule has 6 heteroatoms. The maximum atomic E-state index is 12.4. The molecule has 3 rings (SSSR count). The molecule has 0 spiro atoms. The summed E-state index contributed by atoms with van der Waals surface area (Å²) in [5.74, 6) is 0.918. The molecule has 2 aliphatic rings. The Balaban J connectivity index is 1.42. The van der Waals surface area contributed by atoms with Crippen molar-refractivity contribution in [2.24, 2.45) is 0 Å². The lowest BCUT2D eigenvalue weighted by Gasteiger charge is -2.34. The van der Waals surface area contributed by atoms with Gasteiger partial charge in [0.15, 0.2) is 0 Å². The molecule has 1 heterocycles. The topological polar surface area (TPSA) is 70.7 Å². The van der Waals surface area contributed by atoms with Crippen molar-refractivity contribution < 1.29 is 14.3 Å². The summed E-state index contributed by atoms with van der Waals surface area (Å²) < 4.78 is 5.15. The van der Waals surface area contributed by atoms with Crippen LogP contribution in [0.3, 0.4) is 0 Å². The van der Waals surface area contributed by atoms with Crippen molar-refractivity contribution in [3.05, 3.63) is 29.8 Å². The number of piperidine rings is 1. The zero-order valence-electron chi connectivity index (χ0n) is 15.5. The largest absolute Gasteiger partial charge is 0.497 e. The predicted molar refractivity (Wildman–Crippen MR) is 100 cm³/mol. The second-order valence-electron chi connectivity index (χ2n) is 7.21. The summed E-state index contributed by atoms with van der Waals surface area (Å²) in [6.45, 7) is 1.71. The molecule has 1 aromatic rings. The fourth-order valence-electron chi connectivity index (χ4n) is 3.38. The Morgan fingerprint density at radius 3 is 2.62 bits per heavy atom. The van der Waals surface area contributed by atoms with Crippen molar-refractivity contribution in [1.29, 1.82) is 0 Å². The van der Waals surface area contributed by atoms with E-state index in [0.29, 0.717) is 19.1 Å². The van der Waals surface area contributed by atoms with Gasteiger partial charge in [-0.1, -0.05) is 18.6 Å². The molecule has 1 aromatic carbocycles. The molecule has 1 atom stereocenters. The Kier molecular flexibility index (Phi) is 6.50. The molecule has 2 amide bonds. The Labute approximate surface area is 155 Å². The maximum Gasteiger partial charge on any atom is 0.237 e. The van der Waals surface area contributed by atoms with Gasteiger partial charge in [-0.15, -0.1) is 0 Å². The molecule has 1 saturated heterocycles. The standard InChI is InChI=1S/C20H29N3O3/c1-26-17-9-5-15(6-10-17)11-12-21-19(24)14-23-13-3-2-4-18(23)20(25)22-16-7-8-16/h5-6,9-10,16,18H,2-4,7-8,11-14H2,1H3,(H,21,24)(H,22,25)/t18-/m0/s1. The van der Waals surface area contributed by atoms with E-state index in [1.165, 1.54) is 0 Å². The van der Waals surface area contributed by atoms with E-state index in [0.717, 1.165) is 56.4 Å². The van der Waals surface area contributed by atoms with Crippen LogP contribution in [0.15, 0.2) is 24.3 Å². The minimum absolute atomic E-state index is 0.00960. The Morgan fingerprint density at radius 1 is 1.15 bits per heavy atom. The number of carbonyl (C=O) groups is 2. The van der Waals surface area contributed by atoms with Crippen LogP contribution in [0.4, 0.5) is 0 Å². The average Bonchev–Trinajstić information content (AvgIpc) is 3.46. The number of likely N-dealkylation sites (tertiary alicyclic amines) is 1. The summed E-state index contributed by atoms with van der Waals surface area (Å²) >= 11 is 0. The van der Waals surface area contributed by atoms with Gasteiger partial charge in [-0.05, 0) is 56.3 Å². The van der Waals surface area contributed by atoms with Gasteiger partial charge in [0.1, 0.15) is 5.75 Å². The number of hydrogen-bond donors (Lipinski definition) is 2. The zero-order chi connectivity index (χ0) is 18.4. The van der Waals surface area contributed by atoms with Gasteiger partial charge in [0.2, 0.25) is 11.8 Å². The van der Waals surface area contributed by atoms with Crippen LogP contribution in [0.2, 0.25) is 0 Å². The van der Waals surface area contributed by atoms with Crippen molar-refractivity contribution >= 4 is 11.8 Å². The highest BCUT2D eigenvalue weighted by Crippen LogP contribution is 2.22. The Morgan fingerprint density at radius 2 is 1.92 bits per heavy atom. The van der Waals surface area contributed by atoms with Crippen LogP contribution >= 0.6 is 0 Å². The van der Waals surface area contributed by atoms with Gasteiger partial charge in [0.05, 0.1) is 19.7 Å². The third-order valence-electron chi connectivity index (χ3n) is 5.08. The molecule has 26 heavy (non-hydrogen) atoms. The summed E-state index contributed by atoms with van der Waals surface area (Å²) in [6, 6.07) is 8.07. The van der Waals surface area contributed by atoms with Crippen molar-refractivity contribution in [2.45, 2.75) is 50.6 Å². The molecule has 142 valence electrons. The highest BCUT2D eigenvalue weighted by atomic mass is 16.5. The first-order valence-electron chi connectivity index (χ1n) is 9.60. The third-order valence-corrected chi connectivity index (χ3v) is 5.08. The van der Waals surface area contributed by atoms with E-state index in [-0.39, 0.29) is 17.9 Å². The van der Waals surface area contributed by atoms with Crippen LogP contribution < -0.4 is 15.4 Å². The summed E-state index contributed by atoms with van der Waals surface area (Å²) in [4.78, 5) is 26.7. The number of rotatable bonds is 8. The van der Waals surface area contributed by atoms with Crippen LogP contribution in [-0.4, -0.2) is 55.5 Å². The van der Waals surface area contributed by atoms with Gasteiger partial charge < -0.3 is 15.4 Å². The lowest BCUT2D eigenvalue weighted by molar-refractivity contribution is -0.130. The monoisotopic (exact) mass is 359 g/mol. The number of benzene rings is 1. The molecule has 2 fully saturated rings. The minimum Gasteiger partial charge on any atom is -0.497 e. The molecule has 0 unspecified atom stereocenters. The lowest BCUT2D eigenvalue weighted by atomic mass is 10.0. The van der Waals surface area contributed by atoms with E-state index in [2.05, 4.69) is 10.6 Å². The molecule has 1 aliphatic carbocycles. The minimum atomic E-state index is -0.156. The summed E-state index contributed by atoms with van der Waals surface area (Å²) in [6.07, 6.45) is 5.90. The number of carbonyl (C=O) groups excluding carboxylic acids is 2. The highest BCUT2D eigenvalue weighted by Gasteiger charge is 2.33. The van der Waals surface area contributed by atoms with Crippen molar-refractivity contribution in [3.63, 3.8) is 0 Å². The molecular formula is C20H29N3O3. The van der Waals surface area contributed by atoms with Gasteiger partial charge >= 0.3 is 0 Å². The van der Waals surface area contributed by atoms with Crippen LogP contribution in [0.5, 0.6) is 5.75 Å². The Hall–Kier alpha value is -2.08. The third kappa shape index (κ3) is 5.46. The fraction of sp³-hybridized carbons (Fsp3) is 0.600. The van der Waals surface area contributed by atoms with Crippen molar-refractivity contribution in [2.75, 3.05) is 26.7 Å². The molecule has 0 radical (unpaired) electrons. The maximum absolute atomic E-state index is 12.4. The van der Waals surface area contributed by atoms with Gasteiger partial charge in [-0.2, -0.15) is 0 Å². The number of nitrogens with one attached hydrogen (secondary N) is 2. The van der Waals surface area contributed by atoms with Crippen molar-refractivity contribution in [1.82, 2.24) is 15.5 Å². The first kappa shape index (κ1) is 18.7. The van der Waals surface area contributed by atoms with Gasteiger partial charge in [0.25, 0.3) is 0 Å². The second kappa shape index (κ2) is 9.03. The van der Waals surface area contributed by atoms with Crippen LogP contribution in [0.25, 0.3) is 0 Å². The van der Waals surface area contributed by atoms with Gasteiger partial charge in [0, 0.05) is 12.6 Å². The van der Waals surface area contributed by atoms with E-state index in [1.807, 2.05) is 29.2 Å². The molecule has 0 aromatic heterocycles. The van der Waals surface area contributed by atoms with Gasteiger partial charge in [-0.25, -0.2) is 0 Å².